The fourth-order valence-electron chi connectivity index (χ4n) is 2.42. The Hall–Kier alpha value is -1.68. The highest BCUT2D eigenvalue weighted by Crippen LogP contribution is 2.28. The van der Waals surface area contributed by atoms with Gasteiger partial charge >= 0.3 is 0 Å². The third-order valence-corrected chi connectivity index (χ3v) is 3.60. The Morgan fingerprint density at radius 1 is 1.29 bits per heavy atom. The van der Waals surface area contributed by atoms with Crippen LogP contribution in [0.3, 0.4) is 0 Å². The van der Waals surface area contributed by atoms with Crippen molar-refractivity contribution in [3.63, 3.8) is 0 Å². The Labute approximate surface area is 126 Å². The molecule has 3 nitrogen and oxygen atoms in total. The van der Waals surface area contributed by atoms with Crippen LogP contribution < -0.4 is 5.32 Å². The second-order valence-corrected chi connectivity index (χ2v) is 5.70. The molecule has 0 unspecified atom stereocenters. The van der Waals surface area contributed by atoms with E-state index in [-0.39, 0.29) is 5.82 Å². The van der Waals surface area contributed by atoms with Crippen LogP contribution in [0.2, 0.25) is 0 Å². The highest BCUT2D eigenvalue weighted by molar-refractivity contribution is 5.69. The molecule has 2 rings (SSSR count). The van der Waals surface area contributed by atoms with E-state index in [9.17, 15) is 4.39 Å². The number of nitrogens with zero attached hydrogens (tertiary/aromatic N) is 2. The van der Waals surface area contributed by atoms with E-state index in [1.807, 2.05) is 23.9 Å². The Bertz CT molecular complexity index is 602. The summed E-state index contributed by atoms with van der Waals surface area (Å²) in [6.45, 7) is 10.00. The van der Waals surface area contributed by atoms with Crippen LogP contribution in [0.1, 0.15) is 38.4 Å². The molecule has 0 aliphatic rings. The van der Waals surface area contributed by atoms with Crippen molar-refractivity contribution in [1.29, 1.82) is 0 Å². The Morgan fingerprint density at radius 2 is 2.05 bits per heavy atom. The largest absolute Gasteiger partial charge is 0.310 e. The van der Waals surface area contributed by atoms with Gasteiger partial charge in [-0.05, 0) is 36.6 Å². The van der Waals surface area contributed by atoms with Gasteiger partial charge in [0.2, 0.25) is 0 Å². The van der Waals surface area contributed by atoms with Crippen molar-refractivity contribution in [1.82, 2.24) is 15.1 Å². The molecule has 1 aromatic heterocycles. The van der Waals surface area contributed by atoms with Gasteiger partial charge in [0.25, 0.3) is 0 Å². The lowest BCUT2D eigenvalue weighted by molar-refractivity contribution is 0.585. The number of aromatic nitrogens is 2. The third-order valence-electron chi connectivity index (χ3n) is 3.60. The van der Waals surface area contributed by atoms with Gasteiger partial charge in [0.05, 0.1) is 6.20 Å². The first-order valence-corrected chi connectivity index (χ1v) is 7.57. The molecule has 4 heteroatoms. The van der Waals surface area contributed by atoms with Crippen LogP contribution in [-0.2, 0) is 13.1 Å². The second-order valence-electron chi connectivity index (χ2n) is 5.70. The van der Waals surface area contributed by atoms with E-state index < -0.39 is 0 Å². The maximum atomic E-state index is 13.7. The van der Waals surface area contributed by atoms with Crippen LogP contribution in [0.15, 0.2) is 24.4 Å². The fourth-order valence-corrected chi connectivity index (χ4v) is 2.42. The van der Waals surface area contributed by atoms with Gasteiger partial charge in [0.15, 0.2) is 0 Å². The molecule has 0 bridgehead atoms. The first-order valence-electron chi connectivity index (χ1n) is 7.57. The average Bonchev–Trinajstić information content (AvgIpc) is 2.79. The maximum absolute atomic E-state index is 13.7. The first-order chi connectivity index (χ1) is 10.0. The summed E-state index contributed by atoms with van der Waals surface area (Å²) < 4.78 is 15.7. The second kappa shape index (κ2) is 6.85. The Morgan fingerprint density at radius 3 is 2.71 bits per heavy atom. The number of hydrogen-bond donors (Lipinski definition) is 1. The summed E-state index contributed by atoms with van der Waals surface area (Å²) in [5, 5.41) is 7.81. The molecule has 1 N–H and O–H groups in total. The highest BCUT2D eigenvalue weighted by atomic mass is 19.1. The summed E-state index contributed by atoms with van der Waals surface area (Å²) in [6.07, 6.45) is 2.88. The molecule has 114 valence electrons. The molecule has 0 aliphatic heterocycles. The minimum absolute atomic E-state index is 0.207. The van der Waals surface area contributed by atoms with Crippen molar-refractivity contribution in [2.24, 2.45) is 0 Å². The lowest BCUT2D eigenvalue weighted by Gasteiger charge is -2.13. The number of halogens is 1. The summed E-state index contributed by atoms with van der Waals surface area (Å²) in [6, 6.07) is 5.38. The average molecular weight is 289 g/mol. The van der Waals surface area contributed by atoms with Crippen LogP contribution >= 0.6 is 0 Å². The smallest absolute Gasteiger partial charge is 0.123 e. The number of nitrogens with one attached hydrogen (secondary N) is 1. The molecule has 0 atom stereocenters. The number of aryl methyl sites for hydroxylation is 1. The van der Waals surface area contributed by atoms with Gasteiger partial charge in [-0.25, -0.2) is 4.39 Å². The number of benzene rings is 1. The Balaban J connectivity index is 2.39. The molecule has 21 heavy (non-hydrogen) atoms. The summed E-state index contributed by atoms with van der Waals surface area (Å²) in [5.41, 5.74) is 4.14. The van der Waals surface area contributed by atoms with Crippen molar-refractivity contribution in [3.05, 3.63) is 41.5 Å². The van der Waals surface area contributed by atoms with Gasteiger partial charge in [0.1, 0.15) is 5.82 Å². The van der Waals surface area contributed by atoms with Crippen molar-refractivity contribution >= 4 is 0 Å². The van der Waals surface area contributed by atoms with Crippen LogP contribution in [0.5, 0.6) is 0 Å². The molecular weight excluding hydrogens is 265 g/mol. The van der Waals surface area contributed by atoms with Crippen molar-refractivity contribution in [2.45, 2.75) is 53.2 Å². The SMILES string of the molecule is CCCn1ncc(-c2cc(F)ccc2CNC(C)C)c1C. The van der Waals surface area contributed by atoms with Crippen LogP contribution in [0, 0.1) is 12.7 Å². The summed E-state index contributed by atoms with van der Waals surface area (Å²) in [4.78, 5) is 0. The van der Waals surface area contributed by atoms with Crippen LogP contribution in [0.4, 0.5) is 4.39 Å². The molecule has 0 saturated heterocycles. The van der Waals surface area contributed by atoms with Gasteiger partial charge in [-0.2, -0.15) is 5.10 Å². The van der Waals surface area contributed by atoms with Gasteiger partial charge in [0, 0.05) is 30.4 Å². The first kappa shape index (κ1) is 15.7. The maximum Gasteiger partial charge on any atom is 0.123 e. The molecule has 1 heterocycles. The van der Waals surface area contributed by atoms with Crippen molar-refractivity contribution in [3.8, 4) is 11.1 Å². The zero-order valence-corrected chi connectivity index (χ0v) is 13.3. The predicted molar refractivity (Wildman–Crippen MR) is 84.6 cm³/mol. The van der Waals surface area contributed by atoms with Gasteiger partial charge in [-0.1, -0.05) is 26.8 Å². The van der Waals surface area contributed by atoms with Gasteiger partial charge in [-0.3, -0.25) is 4.68 Å². The molecular formula is C17H24FN3. The van der Waals surface area contributed by atoms with Crippen LogP contribution in [0.25, 0.3) is 11.1 Å². The minimum atomic E-state index is -0.207. The molecule has 0 radical (unpaired) electrons. The van der Waals surface area contributed by atoms with E-state index in [2.05, 4.69) is 31.2 Å². The Kier molecular flexibility index (Phi) is 5.12. The van der Waals surface area contributed by atoms with Gasteiger partial charge in [-0.15, -0.1) is 0 Å². The van der Waals surface area contributed by atoms with Crippen molar-refractivity contribution in [2.75, 3.05) is 0 Å². The monoisotopic (exact) mass is 289 g/mol. The van der Waals surface area contributed by atoms with Crippen LogP contribution in [-0.4, -0.2) is 15.8 Å². The normalized spacial score (nSPS) is 11.3. The summed E-state index contributed by atoms with van der Waals surface area (Å²) >= 11 is 0. The zero-order valence-electron chi connectivity index (χ0n) is 13.3. The number of hydrogen-bond acceptors (Lipinski definition) is 2. The van der Waals surface area contributed by atoms with E-state index in [0.29, 0.717) is 6.04 Å². The molecule has 1 aromatic carbocycles. The topological polar surface area (TPSA) is 29.9 Å². The lowest BCUT2D eigenvalue weighted by atomic mass is 10.00. The fraction of sp³-hybridized carbons (Fsp3) is 0.471. The van der Waals surface area contributed by atoms with E-state index in [1.165, 1.54) is 6.07 Å². The zero-order chi connectivity index (χ0) is 15.4. The molecule has 0 spiro atoms. The van der Waals surface area contributed by atoms with Gasteiger partial charge < -0.3 is 5.32 Å². The quantitative estimate of drug-likeness (QED) is 0.874. The van der Waals surface area contributed by atoms with E-state index in [0.717, 1.165) is 41.9 Å². The number of rotatable bonds is 6. The third kappa shape index (κ3) is 3.70. The standard InChI is InChI=1S/C17H24FN3/c1-5-8-21-13(4)17(11-20-21)16-9-15(18)7-6-14(16)10-19-12(2)3/h6-7,9,11-12,19H,5,8,10H2,1-4H3. The molecule has 0 fully saturated rings. The van der Waals surface area contributed by atoms with Crippen molar-refractivity contribution < 1.29 is 4.39 Å². The molecule has 0 aliphatic carbocycles. The predicted octanol–water partition coefficient (Wildman–Crippen LogP) is 3.91. The molecule has 0 amide bonds. The van der Waals surface area contributed by atoms with E-state index in [4.69, 9.17) is 0 Å². The highest BCUT2D eigenvalue weighted by Gasteiger charge is 2.13. The summed E-state index contributed by atoms with van der Waals surface area (Å²) in [7, 11) is 0. The van der Waals surface area contributed by atoms with E-state index >= 15 is 0 Å². The minimum Gasteiger partial charge on any atom is -0.310 e. The summed E-state index contributed by atoms with van der Waals surface area (Å²) in [5.74, 6) is -0.207. The van der Waals surface area contributed by atoms with E-state index in [1.54, 1.807) is 6.07 Å². The molecule has 2 aromatic rings. The molecule has 0 saturated carbocycles. The lowest BCUT2D eigenvalue weighted by Crippen LogP contribution is -2.22.